The number of nitrogens with zero attached hydrogens (tertiary/aromatic N) is 1. The second-order valence-corrected chi connectivity index (χ2v) is 8.83. The number of hydrogen-bond donors (Lipinski definition) is 1. The van der Waals surface area contributed by atoms with Gasteiger partial charge in [0.15, 0.2) is 0 Å². The normalized spacial score (nSPS) is 14.5. The van der Waals surface area contributed by atoms with Crippen molar-refractivity contribution in [1.82, 2.24) is 4.72 Å². The van der Waals surface area contributed by atoms with Crippen LogP contribution in [0.1, 0.15) is 24.8 Å². The highest BCUT2D eigenvalue weighted by atomic mass is 35.5. The summed E-state index contributed by atoms with van der Waals surface area (Å²) in [5, 5.41) is 0.276. The Bertz CT molecular complexity index is 863. The van der Waals surface area contributed by atoms with Crippen molar-refractivity contribution in [2.24, 2.45) is 0 Å². The molecular formula is C20H25ClN2O3S. The Kier molecular flexibility index (Phi) is 6.63. The number of hydrogen-bond acceptors (Lipinski definition) is 4. The summed E-state index contributed by atoms with van der Waals surface area (Å²) in [5.74, 6) is 0.452. The van der Waals surface area contributed by atoms with E-state index in [4.69, 9.17) is 16.3 Å². The first kappa shape index (κ1) is 20.0. The molecule has 0 saturated carbocycles. The number of ether oxygens (including phenoxy) is 1. The summed E-state index contributed by atoms with van der Waals surface area (Å²) in [6, 6.07) is 13.0. The molecule has 27 heavy (non-hydrogen) atoms. The molecule has 2 aromatic carbocycles. The molecule has 0 spiro atoms. The van der Waals surface area contributed by atoms with Crippen LogP contribution in [0.25, 0.3) is 0 Å². The van der Waals surface area contributed by atoms with Gasteiger partial charge in [0.1, 0.15) is 5.75 Å². The third-order valence-electron chi connectivity index (χ3n) is 4.78. The Morgan fingerprint density at radius 1 is 1.11 bits per heavy atom. The van der Waals surface area contributed by atoms with E-state index in [9.17, 15) is 8.42 Å². The fourth-order valence-corrected chi connectivity index (χ4v) is 4.67. The van der Waals surface area contributed by atoms with E-state index in [1.165, 1.54) is 43.3 Å². The van der Waals surface area contributed by atoms with Gasteiger partial charge >= 0.3 is 0 Å². The number of rotatable bonds is 8. The van der Waals surface area contributed by atoms with Crippen LogP contribution >= 0.6 is 11.6 Å². The van der Waals surface area contributed by atoms with Crippen molar-refractivity contribution in [2.45, 2.75) is 30.6 Å². The average Bonchev–Trinajstić information content (AvgIpc) is 3.20. The molecule has 0 bridgehead atoms. The van der Waals surface area contributed by atoms with E-state index < -0.39 is 10.0 Å². The first-order valence-corrected chi connectivity index (χ1v) is 11.0. The quantitative estimate of drug-likeness (QED) is 0.674. The molecule has 0 unspecified atom stereocenters. The molecule has 1 fully saturated rings. The lowest BCUT2D eigenvalue weighted by Crippen LogP contribution is -2.25. The van der Waals surface area contributed by atoms with Crippen LogP contribution in [0.3, 0.4) is 0 Å². The zero-order chi connectivity index (χ0) is 19.3. The van der Waals surface area contributed by atoms with Gasteiger partial charge in [-0.25, -0.2) is 13.1 Å². The van der Waals surface area contributed by atoms with Gasteiger partial charge in [-0.05, 0) is 61.6 Å². The number of nitrogens with one attached hydrogen (secondary N) is 1. The molecule has 1 aliphatic rings. The van der Waals surface area contributed by atoms with E-state index in [-0.39, 0.29) is 9.92 Å². The third kappa shape index (κ3) is 5.15. The van der Waals surface area contributed by atoms with Crippen LogP contribution in [0.2, 0.25) is 5.02 Å². The van der Waals surface area contributed by atoms with Gasteiger partial charge in [0.25, 0.3) is 0 Å². The maximum atomic E-state index is 12.4. The second kappa shape index (κ2) is 8.95. The fraction of sp³-hybridized carbons (Fsp3) is 0.400. The van der Waals surface area contributed by atoms with E-state index in [1.54, 1.807) is 6.07 Å². The molecule has 1 aliphatic heterocycles. The van der Waals surface area contributed by atoms with Crippen molar-refractivity contribution in [3.63, 3.8) is 0 Å². The molecule has 1 saturated heterocycles. The zero-order valence-corrected chi connectivity index (χ0v) is 17.0. The topological polar surface area (TPSA) is 58.6 Å². The summed E-state index contributed by atoms with van der Waals surface area (Å²) in [6.07, 6.45) is 4.08. The lowest BCUT2D eigenvalue weighted by atomic mass is 10.1. The molecule has 0 amide bonds. The van der Waals surface area contributed by atoms with Crippen molar-refractivity contribution in [1.29, 1.82) is 0 Å². The minimum Gasteiger partial charge on any atom is -0.495 e. The maximum Gasteiger partial charge on any atom is 0.240 e. The lowest BCUT2D eigenvalue weighted by Gasteiger charge is -2.17. The second-order valence-electron chi connectivity index (χ2n) is 6.66. The van der Waals surface area contributed by atoms with Crippen molar-refractivity contribution in [2.75, 3.05) is 31.6 Å². The third-order valence-corrected chi connectivity index (χ3v) is 6.53. The molecule has 7 heteroatoms. The molecule has 3 rings (SSSR count). The maximum absolute atomic E-state index is 12.4. The van der Waals surface area contributed by atoms with Gasteiger partial charge in [0, 0.05) is 25.3 Å². The standard InChI is InChI=1S/C20H25ClN2O3S/c1-26-20-11-10-18(15-19(20)21)27(24,25)22-12-4-5-16-6-8-17(9-7-16)23-13-2-3-14-23/h6-11,15,22H,2-5,12-14H2,1H3. The highest BCUT2D eigenvalue weighted by Gasteiger charge is 2.15. The van der Waals surface area contributed by atoms with Gasteiger partial charge in [-0.15, -0.1) is 0 Å². The highest BCUT2D eigenvalue weighted by Crippen LogP contribution is 2.27. The van der Waals surface area contributed by atoms with Crippen molar-refractivity contribution in [3.05, 3.63) is 53.1 Å². The molecule has 0 aliphatic carbocycles. The predicted molar refractivity (Wildman–Crippen MR) is 109 cm³/mol. The molecule has 5 nitrogen and oxygen atoms in total. The van der Waals surface area contributed by atoms with E-state index in [2.05, 4.69) is 33.9 Å². The molecule has 0 aromatic heterocycles. The van der Waals surface area contributed by atoms with Crippen LogP contribution in [-0.2, 0) is 16.4 Å². The Labute approximate surface area is 166 Å². The number of anilines is 1. The number of benzene rings is 2. The highest BCUT2D eigenvalue weighted by molar-refractivity contribution is 7.89. The molecule has 146 valence electrons. The number of halogens is 1. The minimum absolute atomic E-state index is 0.142. The molecule has 0 radical (unpaired) electrons. The number of aryl methyl sites for hydroxylation is 1. The van der Waals surface area contributed by atoms with Crippen molar-refractivity contribution < 1.29 is 13.2 Å². The van der Waals surface area contributed by atoms with Gasteiger partial charge < -0.3 is 9.64 Å². The van der Waals surface area contributed by atoms with Gasteiger partial charge in [-0.2, -0.15) is 0 Å². The van der Waals surface area contributed by atoms with Crippen molar-refractivity contribution >= 4 is 27.3 Å². The summed E-state index contributed by atoms with van der Waals surface area (Å²) < 4.78 is 32.4. The van der Waals surface area contributed by atoms with Crippen LogP contribution in [-0.4, -0.2) is 35.2 Å². The largest absolute Gasteiger partial charge is 0.495 e. The Morgan fingerprint density at radius 2 is 1.81 bits per heavy atom. The summed E-state index contributed by atoms with van der Waals surface area (Å²) in [7, 11) is -2.09. The van der Waals surface area contributed by atoms with E-state index in [0.29, 0.717) is 12.3 Å². The summed E-state index contributed by atoms with van der Waals surface area (Å²) in [6.45, 7) is 2.65. The predicted octanol–water partition coefficient (Wildman–Crippen LogP) is 3.86. The van der Waals surface area contributed by atoms with Crippen LogP contribution in [0.4, 0.5) is 5.69 Å². The lowest BCUT2D eigenvalue weighted by molar-refractivity contribution is 0.414. The zero-order valence-electron chi connectivity index (χ0n) is 15.4. The fourth-order valence-electron chi connectivity index (χ4n) is 3.25. The van der Waals surface area contributed by atoms with Crippen LogP contribution < -0.4 is 14.4 Å². The monoisotopic (exact) mass is 408 g/mol. The summed E-state index contributed by atoms with van der Waals surface area (Å²) >= 11 is 6.02. The molecule has 1 heterocycles. The molecule has 2 aromatic rings. The summed E-state index contributed by atoms with van der Waals surface area (Å²) in [4.78, 5) is 2.54. The van der Waals surface area contributed by atoms with Gasteiger partial charge in [0.05, 0.1) is 17.0 Å². The van der Waals surface area contributed by atoms with Gasteiger partial charge in [-0.3, -0.25) is 0 Å². The summed E-state index contributed by atoms with van der Waals surface area (Å²) in [5.41, 5.74) is 2.48. The Morgan fingerprint density at radius 3 is 2.44 bits per heavy atom. The van der Waals surface area contributed by atoms with E-state index in [0.717, 1.165) is 25.9 Å². The van der Waals surface area contributed by atoms with E-state index in [1.807, 2.05) is 0 Å². The van der Waals surface area contributed by atoms with Crippen LogP contribution in [0.15, 0.2) is 47.4 Å². The van der Waals surface area contributed by atoms with Gasteiger partial charge in [0.2, 0.25) is 10.0 Å². The van der Waals surface area contributed by atoms with Crippen LogP contribution in [0.5, 0.6) is 5.75 Å². The molecule has 0 atom stereocenters. The first-order chi connectivity index (χ1) is 13.0. The average molecular weight is 409 g/mol. The Balaban J connectivity index is 1.49. The smallest absolute Gasteiger partial charge is 0.240 e. The van der Waals surface area contributed by atoms with Crippen LogP contribution in [0, 0.1) is 0 Å². The molecular weight excluding hydrogens is 384 g/mol. The number of sulfonamides is 1. The first-order valence-electron chi connectivity index (χ1n) is 9.17. The SMILES string of the molecule is COc1ccc(S(=O)(=O)NCCCc2ccc(N3CCCC3)cc2)cc1Cl. The minimum atomic E-state index is -3.58. The number of methoxy groups -OCH3 is 1. The Hall–Kier alpha value is -1.76. The molecule has 1 N–H and O–H groups in total. The van der Waals surface area contributed by atoms with E-state index >= 15 is 0 Å². The van der Waals surface area contributed by atoms with Crippen molar-refractivity contribution in [3.8, 4) is 5.75 Å². The van der Waals surface area contributed by atoms with Gasteiger partial charge in [-0.1, -0.05) is 23.7 Å².